The molecule has 0 spiro atoms. The van der Waals surface area contributed by atoms with Crippen LogP contribution >= 0.6 is 11.6 Å². The number of rotatable bonds is 3. The molecular weight excluding hydrogens is 476 g/mol. The van der Waals surface area contributed by atoms with Gasteiger partial charge in [0.05, 0.1) is 22.1 Å². The van der Waals surface area contributed by atoms with Crippen LogP contribution in [0.15, 0.2) is 36.5 Å². The number of alkyl halides is 3. The van der Waals surface area contributed by atoms with Gasteiger partial charge in [-0.15, -0.1) is 0 Å². The van der Waals surface area contributed by atoms with Crippen LogP contribution in [-0.4, -0.2) is 65.9 Å². The van der Waals surface area contributed by atoms with Crippen LogP contribution in [0.1, 0.15) is 28.8 Å². The van der Waals surface area contributed by atoms with Gasteiger partial charge in [-0.2, -0.15) is 13.2 Å². The number of carbonyl (C=O) groups is 2. The van der Waals surface area contributed by atoms with Crippen molar-refractivity contribution in [2.75, 3.05) is 44.2 Å². The number of hydrogen-bond acceptors (Lipinski definition) is 4. The lowest BCUT2D eigenvalue weighted by molar-refractivity contribution is -0.137. The molecule has 2 aliphatic heterocycles. The number of halogens is 5. The second-order valence-corrected chi connectivity index (χ2v) is 8.81. The zero-order valence-corrected chi connectivity index (χ0v) is 18.9. The Bertz CT molecular complexity index is 1070. The first-order valence-corrected chi connectivity index (χ1v) is 11.3. The zero-order chi connectivity index (χ0) is 24.5. The largest absolute Gasteiger partial charge is 0.419 e. The maximum absolute atomic E-state index is 13.4. The van der Waals surface area contributed by atoms with Crippen LogP contribution in [0.2, 0.25) is 5.02 Å². The monoisotopic (exact) mass is 498 g/mol. The summed E-state index contributed by atoms with van der Waals surface area (Å²) in [4.78, 5) is 34.6. The number of carbonyl (C=O) groups excluding carboxylic acids is 2. The molecule has 0 saturated carbocycles. The summed E-state index contributed by atoms with van der Waals surface area (Å²) >= 11 is 6.00. The van der Waals surface area contributed by atoms with E-state index in [-0.39, 0.29) is 47.9 Å². The summed E-state index contributed by atoms with van der Waals surface area (Å²) < 4.78 is 53.5. The molecule has 2 saturated heterocycles. The Hall–Kier alpha value is -2.88. The third-order valence-corrected chi connectivity index (χ3v) is 6.52. The van der Waals surface area contributed by atoms with Crippen molar-refractivity contribution in [3.05, 3.63) is 58.5 Å². The van der Waals surface area contributed by atoms with Gasteiger partial charge in [0.1, 0.15) is 11.6 Å². The van der Waals surface area contributed by atoms with Gasteiger partial charge >= 0.3 is 6.18 Å². The Morgan fingerprint density at radius 2 is 1.74 bits per heavy atom. The van der Waals surface area contributed by atoms with Gasteiger partial charge in [0.2, 0.25) is 5.91 Å². The fourth-order valence-corrected chi connectivity index (χ4v) is 4.71. The van der Waals surface area contributed by atoms with E-state index in [9.17, 15) is 27.2 Å². The minimum Gasteiger partial charge on any atom is -0.355 e. The summed E-state index contributed by atoms with van der Waals surface area (Å²) in [5, 5.41) is 0.0264. The Balaban J connectivity index is 1.38. The first kappa shape index (κ1) is 24.3. The number of benzene rings is 1. The molecule has 1 aromatic carbocycles. The van der Waals surface area contributed by atoms with E-state index in [1.807, 2.05) is 0 Å². The minimum atomic E-state index is -4.53. The molecule has 2 amide bonds. The van der Waals surface area contributed by atoms with Crippen molar-refractivity contribution < 1.29 is 27.2 Å². The van der Waals surface area contributed by atoms with Gasteiger partial charge in [0.25, 0.3) is 5.91 Å². The third-order valence-electron chi connectivity index (χ3n) is 6.20. The Morgan fingerprint density at radius 1 is 1.03 bits per heavy atom. The second-order valence-electron chi connectivity index (χ2n) is 8.40. The van der Waals surface area contributed by atoms with Crippen molar-refractivity contribution in [2.45, 2.75) is 19.0 Å². The second kappa shape index (κ2) is 9.77. The van der Waals surface area contributed by atoms with Gasteiger partial charge < -0.3 is 14.7 Å². The maximum Gasteiger partial charge on any atom is 0.419 e. The van der Waals surface area contributed by atoms with Gasteiger partial charge in [-0.25, -0.2) is 9.37 Å². The van der Waals surface area contributed by atoms with Crippen LogP contribution in [0.5, 0.6) is 0 Å². The molecule has 34 heavy (non-hydrogen) atoms. The van der Waals surface area contributed by atoms with Crippen LogP contribution in [0.4, 0.5) is 23.4 Å². The predicted molar refractivity (Wildman–Crippen MR) is 118 cm³/mol. The molecular formula is C23H23ClF4N4O2. The lowest BCUT2D eigenvalue weighted by atomic mass is 9.95. The fourth-order valence-electron chi connectivity index (χ4n) is 4.46. The molecule has 6 nitrogen and oxygen atoms in total. The molecule has 0 aliphatic carbocycles. The Morgan fingerprint density at radius 3 is 2.41 bits per heavy atom. The van der Waals surface area contributed by atoms with Crippen molar-refractivity contribution in [2.24, 2.45) is 5.92 Å². The number of nitrogens with zero attached hydrogens (tertiary/aromatic N) is 4. The van der Waals surface area contributed by atoms with Crippen molar-refractivity contribution in [1.82, 2.24) is 14.8 Å². The van der Waals surface area contributed by atoms with E-state index in [0.29, 0.717) is 32.5 Å². The highest BCUT2D eigenvalue weighted by Crippen LogP contribution is 2.36. The van der Waals surface area contributed by atoms with Crippen LogP contribution in [0.25, 0.3) is 0 Å². The lowest BCUT2D eigenvalue weighted by Crippen LogP contribution is -2.53. The van der Waals surface area contributed by atoms with Crippen molar-refractivity contribution in [3.63, 3.8) is 0 Å². The SMILES string of the molecule is O=C(c1ccc(F)cc1Cl)N1CCN(C(=O)C2CCCN(c3ncccc3C(F)(F)F)C2)CC1. The summed E-state index contributed by atoms with van der Waals surface area (Å²) in [5.74, 6) is -1.62. The van der Waals surface area contributed by atoms with Crippen LogP contribution in [0, 0.1) is 11.7 Å². The topological polar surface area (TPSA) is 56.8 Å². The predicted octanol–water partition coefficient (Wildman–Crippen LogP) is 4.09. The molecule has 0 radical (unpaired) electrons. The molecule has 2 aliphatic rings. The smallest absolute Gasteiger partial charge is 0.355 e. The molecule has 0 N–H and O–H groups in total. The highest BCUT2D eigenvalue weighted by Gasteiger charge is 2.38. The average Bonchev–Trinajstić information content (AvgIpc) is 2.83. The molecule has 1 aromatic heterocycles. The molecule has 4 rings (SSSR count). The van der Waals surface area contributed by atoms with E-state index >= 15 is 0 Å². The number of aromatic nitrogens is 1. The highest BCUT2D eigenvalue weighted by atomic mass is 35.5. The van der Waals surface area contributed by atoms with E-state index in [2.05, 4.69) is 4.98 Å². The van der Waals surface area contributed by atoms with E-state index < -0.39 is 23.5 Å². The van der Waals surface area contributed by atoms with Gasteiger partial charge in [-0.1, -0.05) is 11.6 Å². The zero-order valence-electron chi connectivity index (χ0n) is 18.2. The molecule has 2 fully saturated rings. The van der Waals surface area contributed by atoms with Crippen molar-refractivity contribution in [1.29, 1.82) is 0 Å². The third kappa shape index (κ3) is 5.11. The summed E-state index contributed by atoms with van der Waals surface area (Å²) in [6, 6.07) is 5.83. The summed E-state index contributed by atoms with van der Waals surface area (Å²) in [6.07, 6.45) is -2.06. The van der Waals surface area contributed by atoms with E-state index in [4.69, 9.17) is 11.6 Å². The van der Waals surface area contributed by atoms with Gasteiger partial charge in [-0.3, -0.25) is 9.59 Å². The van der Waals surface area contributed by atoms with Crippen molar-refractivity contribution >= 4 is 29.2 Å². The Kier molecular flexibility index (Phi) is 6.97. The quantitative estimate of drug-likeness (QED) is 0.598. The number of amides is 2. The number of piperazine rings is 1. The first-order chi connectivity index (χ1) is 16.1. The average molecular weight is 499 g/mol. The molecule has 2 aromatic rings. The first-order valence-electron chi connectivity index (χ1n) is 11.0. The number of piperidine rings is 1. The summed E-state index contributed by atoms with van der Waals surface area (Å²) in [6.45, 7) is 1.72. The highest BCUT2D eigenvalue weighted by molar-refractivity contribution is 6.33. The van der Waals surface area contributed by atoms with E-state index in [1.54, 1.807) is 9.80 Å². The van der Waals surface area contributed by atoms with E-state index in [0.717, 1.165) is 12.1 Å². The van der Waals surface area contributed by atoms with Gasteiger partial charge in [0, 0.05) is 45.5 Å². The van der Waals surface area contributed by atoms with Crippen molar-refractivity contribution in [3.8, 4) is 0 Å². The molecule has 1 unspecified atom stereocenters. The number of pyridine rings is 1. The van der Waals surface area contributed by atoms with Crippen LogP contribution in [0.3, 0.4) is 0 Å². The molecule has 0 bridgehead atoms. The van der Waals surface area contributed by atoms with Gasteiger partial charge in [0.15, 0.2) is 0 Å². The minimum absolute atomic E-state index is 0.0264. The number of hydrogen-bond donors (Lipinski definition) is 0. The van der Waals surface area contributed by atoms with Crippen LogP contribution in [-0.2, 0) is 11.0 Å². The summed E-state index contributed by atoms with van der Waals surface area (Å²) in [7, 11) is 0. The fraction of sp³-hybridized carbons (Fsp3) is 0.435. The normalized spacial score (nSPS) is 19.3. The van der Waals surface area contributed by atoms with Gasteiger partial charge in [-0.05, 0) is 43.2 Å². The summed E-state index contributed by atoms with van der Waals surface area (Å²) in [5.41, 5.74) is -0.615. The molecule has 11 heteroatoms. The molecule has 182 valence electrons. The Labute approximate surface area is 199 Å². The number of anilines is 1. The van der Waals surface area contributed by atoms with Crippen LogP contribution < -0.4 is 4.90 Å². The maximum atomic E-state index is 13.4. The standard InChI is InChI=1S/C23H23ClF4N4O2/c24-19-13-16(25)5-6-17(19)22(34)31-11-9-30(10-12-31)21(33)15-3-2-8-32(14-15)20-18(23(26,27)28)4-1-7-29-20/h1,4-7,13,15H,2-3,8-12,14H2. The molecule has 1 atom stereocenters. The molecule has 3 heterocycles. The van der Waals surface area contributed by atoms with E-state index in [1.165, 1.54) is 29.3 Å². The lowest BCUT2D eigenvalue weighted by Gasteiger charge is -2.39.